The average Bonchev–Trinajstić information content (AvgIpc) is 3.67. The van der Waals surface area contributed by atoms with Crippen molar-refractivity contribution in [2.24, 2.45) is 13.0 Å². The molecule has 1 aliphatic rings. The van der Waals surface area contributed by atoms with Gasteiger partial charge in [0.15, 0.2) is 6.29 Å². The number of carbonyl (C=O) groups is 2. The molecule has 1 saturated heterocycles. The zero-order valence-electron chi connectivity index (χ0n) is 25.2. The Kier molecular flexibility index (Phi) is 10.4. The summed E-state index contributed by atoms with van der Waals surface area (Å²) in [5.41, 5.74) is 5.36. The fraction of sp³-hybridized carbons (Fsp3) is 0.533. The summed E-state index contributed by atoms with van der Waals surface area (Å²) in [6.45, 7) is 7.99. The van der Waals surface area contributed by atoms with Gasteiger partial charge >= 0.3 is 0 Å². The quantitative estimate of drug-likeness (QED) is 0.303. The summed E-state index contributed by atoms with van der Waals surface area (Å²) >= 11 is 1.59. The average molecular weight is 600 g/mol. The summed E-state index contributed by atoms with van der Waals surface area (Å²) in [6.07, 6.45) is -1.17. The van der Waals surface area contributed by atoms with Gasteiger partial charge in [0.05, 0.1) is 39.8 Å². The molecule has 4 atom stereocenters. The highest BCUT2D eigenvalue weighted by atomic mass is 32.1. The maximum atomic E-state index is 14.0. The van der Waals surface area contributed by atoms with Crippen molar-refractivity contribution in [3.63, 3.8) is 0 Å². The van der Waals surface area contributed by atoms with E-state index in [1.165, 1.54) is 19.1 Å². The molecule has 2 amide bonds. The lowest BCUT2D eigenvalue weighted by molar-refractivity contribution is -0.140. The third-order valence-corrected chi connectivity index (χ3v) is 8.62. The highest BCUT2D eigenvalue weighted by Gasteiger charge is 2.43. The lowest BCUT2D eigenvalue weighted by Crippen LogP contribution is -2.48. The smallest absolute Gasteiger partial charge is 0.243 e. The number of hydrogen-bond donors (Lipinski definition) is 2. The van der Waals surface area contributed by atoms with E-state index in [-0.39, 0.29) is 43.3 Å². The Hall–Kier alpha value is -3.32. The van der Waals surface area contributed by atoms with Gasteiger partial charge in [-0.25, -0.2) is 9.67 Å². The van der Waals surface area contributed by atoms with E-state index in [9.17, 15) is 14.7 Å². The van der Waals surface area contributed by atoms with Crippen LogP contribution in [0.5, 0.6) is 5.88 Å². The standard InChI is InChI=1S/C30H41N5O6S/c1-17(2)27(23-13-25(34(5)33-23)41-15-26(39-6)40-7)30(38)35-14-22(36)12-24(35)29(37)32-18(3)20-8-10-21(11-9-20)28-19(4)31-16-42-28/h8-11,13,16-18,22,24,26-27,36H,12,14-15H2,1-7H3,(H,32,37)/t18-,22+,24-,27?/m0/s1. The number of carbonyl (C=O) groups excluding carboxylic acids is 2. The molecule has 1 aliphatic heterocycles. The summed E-state index contributed by atoms with van der Waals surface area (Å²) in [5, 5.41) is 18.1. The lowest BCUT2D eigenvalue weighted by atomic mass is 9.90. The molecule has 3 aromatic rings. The number of aliphatic hydroxyl groups excluding tert-OH is 1. The molecule has 0 radical (unpaired) electrons. The van der Waals surface area contributed by atoms with Crippen LogP contribution in [-0.4, -0.2) is 82.4 Å². The van der Waals surface area contributed by atoms with Gasteiger partial charge < -0.3 is 29.5 Å². The number of methoxy groups -OCH3 is 2. The number of β-amino-alcohol motifs (C(OH)–C–C–N with tert-alkyl or cyclic N) is 1. The second-order valence-corrected chi connectivity index (χ2v) is 11.8. The van der Waals surface area contributed by atoms with Crippen LogP contribution in [0.2, 0.25) is 0 Å². The number of benzene rings is 1. The molecule has 0 bridgehead atoms. The molecule has 1 aromatic carbocycles. The normalized spacial score (nSPS) is 18.5. The van der Waals surface area contributed by atoms with Crippen molar-refractivity contribution in [1.82, 2.24) is 25.0 Å². The second-order valence-electron chi connectivity index (χ2n) is 11.0. The number of aryl methyl sites for hydroxylation is 2. The van der Waals surface area contributed by atoms with Gasteiger partial charge in [-0.05, 0) is 30.9 Å². The Morgan fingerprint density at radius 2 is 1.86 bits per heavy atom. The predicted octanol–water partition coefficient (Wildman–Crippen LogP) is 3.43. The van der Waals surface area contributed by atoms with E-state index in [2.05, 4.69) is 15.4 Å². The largest absolute Gasteiger partial charge is 0.472 e. The molecule has 2 aromatic heterocycles. The van der Waals surface area contributed by atoms with Crippen LogP contribution >= 0.6 is 11.3 Å². The van der Waals surface area contributed by atoms with Gasteiger partial charge in [-0.15, -0.1) is 11.3 Å². The molecular formula is C30H41N5O6S. The minimum absolute atomic E-state index is 0.0803. The van der Waals surface area contributed by atoms with Crippen molar-refractivity contribution in [2.75, 3.05) is 27.4 Å². The van der Waals surface area contributed by atoms with Crippen molar-refractivity contribution >= 4 is 23.2 Å². The van der Waals surface area contributed by atoms with E-state index >= 15 is 0 Å². The summed E-state index contributed by atoms with van der Waals surface area (Å²) < 4.78 is 17.7. The van der Waals surface area contributed by atoms with Crippen molar-refractivity contribution in [2.45, 2.75) is 64.5 Å². The molecule has 2 N–H and O–H groups in total. The molecule has 1 unspecified atom stereocenters. The van der Waals surface area contributed by atoms with Crippen LogP contribution < -0.4 is 10.1 Å². The fourth-order valence-corrected chi connectivity index (χ4v) is 6.09. The monoisotopic (exact) mass is 599 g/mol. The first-order valence-corrected chi connectivity index (χ1v) is 14.9. The van der Waals surface area contributed by atoms with Crippen LogP contribution in [0.15, 0.2) is 35.8 Å². The number of amides is 2. The number of nitrogens with zero attached hydrogens (tertiary/aromatic N) is 4. The van der Waals surface area contributed by atoms with Gasteiger partial charge in [0.1, 0.15) is 12.6 Å². The second kappa shape index (κ2) is 13.8. The fourth-order valence-electron chi connectivity index (χ4n) is 5.28. The first kappa shape index (κ1) is 31.6. The van der Waals surface area contributed by atoms with Crippen molar-refractivity contribution in [3.05, 3.63) is 52.8 Å². The topological polar surface area (TPSA) is 128 Å². The van der Waals surface area contributed by atoms with Crippen LogP contribution in [0.1, 0.15) is 56.1 Å². The Labute approximate surface area is 250 Å². The molecule has 11 nitrogen and oxygen atoms in total. The zero-order chi connectivity index (χ0) is 30.6. The Bertz CT molecular complexity index is 1350. The van der Waals surface area contributed by atoms with E-state index in [0.717, 1.165) is 21.7 Å². The number of ether oxygens (including phenoxy) is 3. The van der Waals surface area contributed by atoms with Crippen LogP contribution in [0, 0.1) is 12.8 Å². The highest BCUT2D eigenvalue weighted by molar-refractivity contribution is 7.13. The number of hydrogen-bond acceptors (Lipinski definition) is 9. The molecule has 42 heavy (non-hydrogen) atoms. The molecule has 0 saturated carbocycles. The van der Waals surface area contributed by atoms with Gasteiger partial charge in [0.25, 0.3) is 0 Å². The van der Waals surface area contributed by atoms with Crippen LogP contribution in [0.25, 0.3) is 10.4 Å². The molecule has 0 aliphatic carbocycles. The summed E-state index contributed by atoms with van der Waals surface area (Å²) in [6, 6.07) is 8.67. The van der Waals surface area contributed by atoms with Gasteiger partial charge in [0, 0.05) is 40.3 Å². The molecule has 3 heterocycles. The highest BCUT2D eigenvalue weighted by Crippen LogP contribution is 2.32. The zero-order valence-corrected chi connectivity index (χ0v) is 26.1. The summed E-state index contributed by atoms with van der Waals surface area (Å²) in [7, 11) is 4.79. The molecule has 12 heteroatoms. The van der Waals surface area contributed by atoms with Crippen LogP contribution in [-0.2, 0) is 26.1 Å². The number of thiazole rings is 1. The van der Waals surface area contributed by atoms with E-state index in [1.54, 1.807) is 29.1 Å². The van der Waals surface area contributed by atoms with Gasteiger partial charge in [-0.3, -0.25) is 9.59 Å². The molecule has 228 valence electrons. The Morgan fingerprint density at radius 1 is 1.17 bits per heavy atom. The van der Waals surface area contributed by atoms with Crippen molar-refractivity contribution in [1.29, 1.82) is 0 Å². The Morgan fingerprint density at radius 3 is 2.45 bits per heavy atom. The third kappa shape index (κ3) is 7.00. The van der Waals surface area contributed by atoms with Crippen molar-refractivity contribution in [3.8, 4) is 16.3 Å². The minimum atomic E-state index is -0.794. The molecule has 1 fully saturated rings. The summed E-state index contributed by atoms with van der Waals surface area (Å²) in [4.78, 5) is 34.4. The SMILES string of the molecule is COC(COc1cc(C(C(=O)N2C[C@H](O)C[C@H]2C(=O)N[C@@H](C)c2ccc(-c3scnc3C)cc2)C(C)C)nn1C)OC. The van der Waals surface area contributed by atoms with Gasteiger partial charge in [0.2, 0.25) is 17.7 Å². The number of aromatic nitrogens is 3. The number of rotatable bonds is 12. The minimum Gasteiger partial charge on any atom is -0.472 e. The third-order valence-electron chi connectivity index (χ3n) is 7.64. The first-order valence-electron chi connectivity index (χ1n) is 14.1. The maximum Gasteiger partial charge on any atom is 0.243 e. The van der Waals surface area contributed by atoms with Crippen LogP contribution in [0.3, 0.4) is 0 Å². The van der Waals surface area contributed by atoms with Crippen molar-refractivity contribution < 1.29 is 28.9 Å². The molecule has 4 rings (SSSR count). The van der Waals surface area contributed by atoms with Crippen LogP contribution in [0.4, 0.5) is 0 Å². The van der Waals surface area contributed by atoms with E-state index in [1.807, 2.05) is 57.5 Å². The van der Waals surface area contributed by atoms with E-state index < -0.39 is 24.4 Å². The molecule has 0 spiro atoms. The first-order chi connectivity index (χ1) is 20.0. The molecular weight excluding hydrogens is 558 g/mol. The number of nitrogens with one attached hydrogen (secondary N) is 1. The van der Waals surface area contributed by atoms with Gasteiger partial charge in [-0.2, -0.15) is 5.10 Å². The number of likely N-dealkylation sites (tertiary alicyclic amines) is 1. The lowest BCUT2D eigenvalue weighted by Gasteiger charge is -2.30. The summed E-state index contributed by atoms with van der Waals surface area (Å²) in [5.74, 6) is -0.840. The Balaban J connectivity index is 1.47. The van der Waals surface area contributed by atoms with E-state index in [0.29, 0.717) is 11.6 Å². The van der Waals surface area contributed by atoms with E-state index in [4.69, 9.17) is 14.2 Å². The number of aliphatic hydroxyl groups is 1. The predicted molar refractivity (Wildman–Crippen MR) is 159 cm³/mol. The maximum absolute atomic E-state index is 14.0. The van der Waals surface area contributed by atoms with Gasteiger partial charge in [-0.1, -0.05) is 38.1 Å².